The van der Waals surface area contributed by atoms with Gasteiger partial charge in [0, 0.05) is 5.56 Å². The van der Waals surface area contributed by atoms with Gasteiger partial charge in [-0.15, -0.1) is 11.3 Å². The lowest BCUT2D eigenvalue weighted by atomic mass is 10.1. The zero-order chi connectivity index (χ0) is 15.0. The van der Waals surface area contributed by atoms with Crippen molar-refractivity contribution in [3.63, 3.8) is 0 Å². The van der Waals surface area contributed by atoms with E-state index in [9.17, 15) is 14.3 Å². The van der Waals surface area contributed by atoms with E-state index in [-0.39, 0.29) is 17.0 Å². The number of benzene rings is 1. The van der Waals surface area contributed by atoms with E-state index in [2.05, 4.69) is 9.97 Å². The summed E-state index contributed by atoms with van der Waals surface area (Å²) in [5, 5.41) is 9.99. The molecule has 0 fully saturated rings. The minimum absolute atomic E-state index is 0.000452. The van der Waals surface area contributed by atoms with Gasteiger partial charge >= 0.3 is 0 Å². The molecule has 0 aliphatic heterocycles. The zero-order valence-electron chi connectivity index (χ0n) is 10.4. The first-order valence-corrected chi connectivity index (χ1v) is 7.09. The van der Waals surface area contributed by atoms with E-state index in [1.807, 2.05) is 0 Å². The quantitative estimate of drug-likeness (QED) is 0.756. The monoisotopic (exact) mass is 322 g/mol. The maximum absolute atomic E-state index is 13.8. The number of aromatic hydroxyl groups is 1. The average molecular weight is 323 g/mol. The topological polar surface area (TPSA) is 66.0 Å². The Labute approximate surface area is 127 Å². The Kier molecular flexibility index (Phi) is 3.48. The van der Waals surface area contributed by atoms with E-state index in [4.69, 9.17) is 11.6 Å². The maximum Gasteiger partial charge on any atom is 0.263 e. The van der Waals surface area contributed by atoms with Gasteiger partial charge in [-0.2, -0.15) is 4.98 Å². The number of hydrogen-bond donors (Lipinski definition) is 2. The van der Waals surface area contributed by atoms with Crippen molar-refractivity contribution in [2.45, 2.75) is 0 Å². The summed E-state index contributed by atoms with van der Waals surface area (Å²) in [7, 11) is 0. The van der Waals surface area contributed by atoms with Crippen molar-refractivity contribution in [2.24, 2.45) is 0 Å². The molecule has 7 heteroatoms. The standard InChI is InChI=1S/C14H8ClFN2O2S/c15-10-6-5-9(21-10)12-17-13(19)11(14(20)18-12)7-3-1-2-4-8(7)16/h1-6H,(H2,17,18,19,20). The number of thiophene rings is 1. The molecular weight excluding hydrogens is 315 g/mol. The lowest BCUT2D eigenvalue weighted by Gasteiger charge is -2.06. The van der Waals surface area contributed by atoms with Crippen LogP contribution >= 0.6 is 22.9 Å². The highest BCUT2D eigenvalue weighted by atomic mass is 35.5. The Morgan fingerprint density at radius 2 is 2.00 bits per heavy atom. The van der Waals surface area contributed by atoms with E-state index in [1.54, 1.807) is 18.2 Å². The zero-order valence-corrected chi connectivity index (χ0v) is 12.0. The van der Waals surface area contributed by atoms with Gasteiger partial charge < -0.3 is 10.1 Å². The molecule has 21 heavy (non-hydrogen) atoms. The van der Waals surface area contributed by atoms with Gasteiger partial charge in [0.25, 0.3) is 5.56 Å². The number of halogens is 2. The summed E-state index contributed by atoms with van der Waals surface area (Å²) in [6, 6.07) is 9.02. The first-order chi connectivity index (χ1) is 10.1. The molecule has 0 bridgehead atoms. The first-order valence-electron chi connectivity index (χ1n) is 5.90. The Bertz CT molecular complexity index is 875. The minimum Gasteiger partial charge on any atom is -0.493 e. The van der Waals surface area contributed by atoms with Gasteiger partial charge in [0.2, 0.25) is 5.88 Å². The van der Waals surface area contributed by atoms with Crippen LogP contribution in [0.3, 0.4) is 0 Å². The molecule has 1 aromatic carbocycles. The van der Waals surface area contributed by atoms with E-state index in [0.29, 0.717) is 9.21 Å². The Hall–Kier alpha value is -2.18. The van der Waals surface area contributed by atoms with Crippen LogP contribution in [0.4, 0.5) is 4.39 Å². The fourth-order valence-corrected chi connectivity index (χ4v) is 2.91. The summed E-state index contributed by atoms with van der Waals surface area (Å²) in [6.45, 7) is 0. The number of rotatable bonds is 2. The largest absolute Gasteiger partial charge is 0.493 e. The van der Waals surface area contributed by atoms with Gasteiger partial charge in [0.15, 0.2) is 5.82 Å². The molecule has 2 aromatic heterocycles. The van der Waals surface area contributed by atoms with Crippen molar-refractivity contribution in [1.29, 1.82) is 0 Å². The second-order valence-corrected chi connectivity index (χ2v) is 5.91. The van der Waals surface area contributed by atoms with Crippen LogP contribution in [0.5, 0.6) is 5.88 Å². The molecule has 0 amide bonds. The minimum atomic E-state index is -0.618. The highest BCUT2D eigenvalue weighted by Crippen LogP contribution is 2.31. The van der Waals surface area contributed by atoms with Crippen LogP contribution in [0.15, 0.2) is 41.2 Å². The van der Waals surface area contributed by atoms with Crippen LogP contribution in [-0.2, 0) is 0 Å². The average Bonchev–Trinajstić information content (AvgIpc) is 2.87. The molecule has 0 atom stereocenters. The van der Waals surface area contributed by atoms with Crippen molar-refractivity contribution < 1.29 is 9.50 Å². The van der Waals surface area contributed by atoms with Gasteiger partial charge in [0.05, 0.1) is 9.21 Å². The van der Waals surface area contributed by atoms with Crippen molar-refractivity contribution >= 4 is 22.9 Å². The third-order valence-electron chi connectivity index (χ3n) is 2.85. The van der Waals surface area contributed by atoms with Crippen LogP contribution < -0.4 is 5.56 Å². The van der Waals surface area contributed by atoms with Crippen LogP contribution in [-0.4, -0.2) is 15.1 Å². The molecule has 106 valence electrons. The van der Waals surface area contributed by atoms with Gasteiger partial charge in [0.1, 0.15) is 11.4 Å². The first kappa shape index (κ1) is 13.8. The number of hydrogen-bond acceptors (Lipinski definition) is 4. The lowest BCUT2D eigenvalue weighted by molar-refractivity contribution is 0.453. The molecule has 0 unspecified atom stereocenters. The summed E-state index contributed by atoms with van der Waals surface area (Å²) >= 11 is 7.04. The number of aromatic nitrogens is 2. The number of H-pyrrole nitrogens is 1. The second-order valence-electron chi connectivity index (χ2n) is 4.20. The molecule has 2 N–H and O–H groups in total. The molecule has 0 spiro atoms. The van der Waals surface area contributed by atoms with Gasteiger partial charge in [-0.05, 0) is 18.2 Å². The molecule has 4 nitrogen and oxygen atoms in total. The van der Waals surface area contributed by atoms with Crippen molar-refractivity contribution in [2.75, 3.05) is 0 Å². The Balaban J connectivity index is 2.18. The van der Waals surface area contributed by atoms with Gasteiger partial charge in [-0.3, -0.25) is 4.79 Å². The summed E-state index contributed by atoms with van der Waals surface area (Å²) in [4.78, 5) is 19.2. The predicted molar refractivity (Wildman–Crippen MR) is 80.2 cm³/mol. The third kappa shape index (κ3) is 2.55. The Morgan fingerprint density at radius 3 is 2.62 bits per heavy atom. The fraction of sp³-hybridized carbons (Fsp3) is 0. The lowest BCUT2D eigenvalue weighted by Crippen LogP contribution is -2.12. The smallest absolute Gasteiger partial charge is 0.263 e. The Morgan fingerprint density at radius 1 is 1.24 bits per heavy atom. The van der Waals surface area contributed by atoms with E-state index >= 15 is 0 Å². The third-order valence-corrected chi connectivity index (χ3v) is 4.09. The molecule has 3 aromatic rings. The maximum atomic E-state index is 13.8. The molecule has 0 saturated carbocycles. The molecule has 0 aliphatic rings. The summed E-state index contributed by atoms with van der Waals surface area (Å²) < 4.78 is 14.3. The van der Waals surface area contributed by atoms with E-state index < -0.39 is 17.3 Å². The van der Waals surface area contributed by atoms with E-state index in [0.717, 1.165) is 0 Å². The van der Waals surface area contributed by atoms with Crippen LogP contribution in [0.1, 0.15) is 0 Å². The number of nitrogens with one attached hydrogen (secondary N) is 1. The normalized spacial score (nSPS) is 10.8. The predicted octanol–water partition coefficient (Wildman–Crippen LogP) is 3.66. The number of nitrogens with zero attached hydrogens (tertiary/aromatic N) is 1. The highest BCUT2D eigenvalue weighted by Gasteiger charge is 2.17. The van der Waals surface area contributed by atoms with Crippen LogP contribution in [0, 0.1) is 5.82 Å². The molecule has 0 aliphatic carbocycles. The van der Waals surface area contributed by atoms with Gasteiger partial charge in [-0.25, -0.2) is 4.39 Å². The van der Waals surface area contributed by atoms with Crippen molar-refractivity contribution in [3.05, 3.63) is 56.9 Å². The van der Waals surface area contributed by atoms with Crippen molar-refractivity contribution in [1.82, 2.24) is 9.97 Å². The SMILES string of the molecule is O=c1[nH]c(-c2ccc(Cl)s2)nc(O)c1-c1ccccc1F. The molecule has 2 heterocycles. The van der Waals surface area contributed by atoms with Gasteiger partial charge in [-0.1, -0.05) is 29.8 Å². The van der Waals surface area contributed by atoms with Crippen molar-refractivity contribution in [3.8, 4) is 27.7 Å². The van der Waals surface area contributed by atoms with Crippen LogP contribution in [0.25, 0.3) is 21.8 Å². The second kappa shape index (κ2) is 5.31. The summed E-state index contributed by atoms with van der Waals surface area (Å²) in [5.74, 6) is -0.940. The summed E-state index contributed by atoms with van der Waals surface area (Å²) in [5.41, 5.74) is -0.814. The molecular formula is C14H8ClFN2O2S. The fourth-order valence-electron chi connectivity index (χ4n) is 1.93. The molecule has 3 rings (SSSR count). The highest BCUT2D eigenvalue weighted by molar-refractivity contribution is 7.19. The summed E-state index contributed by atoms with van der Waals surface area (Å²) in [6.07, 6.45) is 0. The molecule has 0 radical (unpaired) electrons. The number of aromatic amines is 1. The molecule has 0 saturated heterocycles. The van der Waals surface area contributed by atoms with E-state index in [1.165, 1.54) is 29.5 Å². The van der Waals surface area contributed by atoms with Crippen LogP contribution in [0.2, 0.25) is 4.34 Å².